The molecule has 0 saturated heterocycles. The first-order valence-corrected chi connectivity index (χ1v) is 25.3. The second-order valence-corrected chi connectivity index (χ2v) is 23.0. The van der Waals surface area contributed by atoms with E-state index in [-0.39, 0.29) is 5.97 Å². The molecule has 3 aliphatic rings. The van der Waals surface area contributed by atoms with E-state index in [1.807, 2.05) is 25.1 Å². The Bertz CT molecular complexity index is 2410. The number of anilines is 2. The Kier molecular flexibility index (Phi) is 13.4. The van der Waals surface area contributed by atoms with Crippen LogP contribution in [-0.2, 0) is 11.3 Å². The highest BCUT2D eigenvalue weighted by Gasteiger charge is 2.51. The van der Waals surface area contributed by atoms with E-state index in [1.165, 1.54) is 75.2 Å². The molecular weight excluding hydrogens is 798 g/mol. The van der Waals surface area contributed by atoms with Crippen LogP contribution in [-0.4, -0.2) is 63.5 Å². The number of carbonyl (C=O) groups excluding carboxylic acids is 1. The van der Waals surface area contributed by atoms with Crippen molar-refractivity contribution in [3.8, 4) is 0 Å². The zero-order valence-electron chi connectivity index (χ0n) is 36.8. The van der Waals surface area contributed by atoms with E-state index in [9.17, 15) is 4.79 Å². The molecule has 1 aliphatic carbocycles. The molecular formula is C53H58N5O2PSi. The number of hydrogen-bond donors (Lipinski definition) is 0. The quantitative estimate of drug-likeness (QED) is 0.0501. The van der Waals surface area contributed by atoms with Gasteiger partial charge in [0, 0.05) is 51.4 Å². The van der Waals surface area contributed by atoms with Gasteiger partial charge in [0.25, 0.3) is 0 Å². The van der Waals surface area contributed by atoms with Crippen LogP contribution in [0.25, 0.3) is 4.85 Å². The molecule has 1 atom stereocenters. The maximum atomic E-state index is 12.1. The minimum Gasteiger partial charge on any atom is -0.462 e. The normalized spacial score (nSPS) is 16.9. The van der Waals surface area contributed by atoms with Gasteiger partial charge in [0.15, 0.2) is 5.69 Å². The summed E-state index contributed by atoms with van der Waals surface area (Å²) in [5, 5.41) is 6.65. The largest absolute Gasteiger partial charge is 0.462 e. The maximum Gasteiger partial charge on any atom is 0.338 e. The number of rotatable bonds is 8. The van der Waals surface area contributed by atoms with Gasteiger partial charge in [0.05, 0.1) is 32.1 Å². The van der Waals surface area contributed by atoms with Crippen LogP contribution in [0.3, 0.4) is 0 Å². The molecule has 2 aliphatic heterocycles. The standard InChI is InChI=1S/C34H30N3PSi.C19H28N2O2/c1-27-24-28(35-2)25-33-34(27)36(3)26-37(38(33)29-16-8-4-9-17-29)39(30-18-10-5-11-19-30,31-20-12-6-13-21-31)32-22-14-7-15-23-32;1-4-23-19(22)15-10-14(2)18-16(11-15)12-21(13-20(18)3)17-8-6-5-7-9-17/h4-25H,26H2,1,3H3;10-11,17H,4-9,12-13H2,1-3H3. The molecule has 316 valence electrons. The van der Waals surface area contributed by atoms with Gasteiger partial charge in [-0.25, -0.2) is 9.64 Å². The Balaban J connectivity index is 0.000000196. The Hall–Kier alpha value is -5.55. The van der Waals surface area contributed by atoms with E-state index in [0.29, 0.717) is 23.9 Å². The Labute approximate surface area is 371 Å². The monoisotopic (exact) mass is 855 g/mol. The molecule has 9 heteroatoms. The lowest BCUT2D eigenvalue weighted by molar-refractivity contribution is 0.0525. The van der Waals surface area contributed by atoms with Gasteiger partial charge >= 0.3 is 5.97 Å². The fourth-order valence-corrected chi connectivity index (χ4v) is 19.8. The minimum atomic E-state index is -2.78. The van der Waals surface area contributed by atoms with Crippen LogP contribution in [0.4, 0.5) is 17.1 Å². The van der Waals surface area contributed by atoms with Crippen LogP contribution in [0.1, 0.15) is 66.1 Å². The molecule has 0 aromatic heterocycles. The number of benzene rings is 6. The number of nitrogens with zero attached hydrogens (tertiary/aromatic N) is 5. The Morgan fingerprint density at radius 1 is 0.710 bits per heavy atom. The zero-order valence-corrected chi connectivity index (χ0v) is 38.7. The summed E-state index contributed by atoms with van der Waals surface area (Å²) in [6.45, 7) is 17.1. The van der Waals surface area contributed by atoms with Crippen LogP contribution >= 0.6 is 8.07 Å². The summed E-state index contributed by atoms with van der Waals surface area (Å²) in [5.41, 5.74) is 7.51. The molecule has 0 radical (unpaired) electrons. The van der Waals surface area contributed by atoms with Gasteiger partial charge in [-0.1, -0.05) is 147 Å². The van der Waals surface area contributed by atoms with Gasteiger partial charge in [-0.15, -0.1) is 0 Å². The number of carbonyl (C=O) groups is 1. The smallest absolute Gasteiger partial charge is 0.338 e. The van der Waals surface area contributed by atoms with Gasteiger partial charge in [0.1, 0.15) is 0 Å². The summed E-state index contributed by atoms with van der Waals surface area (Å²) in [6, 6.07) is 53.1. The Morgan fingerprint density at radius 2 is 1.24 bits per heavy atom. The summed E-state index contributed by atoms with van der Waals surface area (Å²) in [6.07, 6.45) is 6.68. The van der Waals surface area contributed by atoms with Crippen molar-refractivity contribution < 1.29 is 9.53 Å². The van der Waals surface area contributed by atoms with Crippen LogP contribution in [0, 0.1) is 20.4 Å². The predicted molar refractivity (Wildman–Crippen MR) is 262 cm³/mol. The molecule has 0 N–H and O–H groups in total. The second kappa shape index (κ2) is 19.2. The molecule has 0 bridgehead atoms. The molecule has 6 aromatic rings. The molecule has 2 heterocycles. The third-order valence-electron chi connectivity index (χ3n) is 12.7. The predicted octanol–water partition coefficient (Wildman–Crippen LogP) is 8.98. The van der Waals surface area contributed by atoms with E-state index in [4.69, 9.17) is 11.3 Å². The molecule has 6 aromatic carbocycles. The minimum absolute atomic E-state index is 0.212. The SMILES string of the molecule is CCOC(=O)c1cc(C)c2c(c1)CN(C1CCCCC1)CN2C.[C-]#[N+]c1cc(C)c2c(c1)P(c1ccccc1)N([Si](c1ccccc1)(c1ccccc1)c1ccccc1)CN2C. The highest BCUT2D eigenvalue weighted by atomic mass is 31.1. The van der Waals surface area contributed by atoms with E-state index in [0.717, 1.165) is 31.0 Å². The third kappa shape index (κ3) is 8.48. The van der Waals surface area contributed by atoms with Gasteiger partial charge < -0.3 is 14.5 Å². The molecule has 0 spiro atoms. The summed E-state index contributed by atoms with van der Waals surface area (Å²) in [4.78, 5) is 23.3. The lowest BCUT2D eigenvalue weighted by Crippen LogP contribution is -2.78. The molecule has 1 saturated carbocycles. The number of aryl methyl sites for hydroxylation is 2. The fourth-order valence-electron chi connectivity index (χ4n) is 10.2. The van der Waals surface area contributed by atoms with Gasteiger partial charge in [-0.3, -0.25) is 9.24 Å². The Morgan fingerprint density at radius 3 is 1.79 bits per heavy atom. The van der Waals surface area contributed by atoms with Crippen molar-refractivity contribution in [2.24, 2.45) is 0 Å². The van der Waals surface area contributed by atoms with E-state index in [2.05, 4.69) is 179 Å². The zero-order chi connectivity index (χ0) is 43.2. The first kappa shape index (κ1) is 43.1. The first-order valence-electron chi connectivity index (χ1n) is 22.0. The van der Waals surface area contributed by atoms with Gasteiger partial charge in [-0.05, 0) is 89.4 Å². The highest BCUT2D eigenvalue weighted by molar-refractivity contribution is 7.73. The van der Waals surface area contributed by atoms with Crippen molar-refractivity contribution in [3.63, 3.8) is 0 Å². The lowest BCUT2D eigenvalue weighted by atomic mass is 9.92. The molecule has 1 unspecified atom stereocenters. The number of hydrogen-bond acceptors (Lipinski definition) is 6. The summed E-state index contributed by atoms with van der Waals surface area (Å²) < 4.78 is 8.00. The van der Waals surface area contributed by atoms with Crippen molar-refractivity contribution in [1.29, 1.82) is 0 Å². The van der Waals surface area contributed by atoms with Crippen molar-refractivity contribution in [2.75, 3.05) is 43.8 Å². The van der Waals surface area contributed by atoms with Gasteiger partial charge in [0.2, 0.25) is 8.24 Å². The molecule has 7 nitrogen and oxygen atoms in total. The van der Waals surface area contributed by atoms with Crippen molar-refractivity contribution in [2.45, 2.75) is 65.5 Å². The molecule has 1 fully saturated rings. The lowest BCUT2D eigenvalue weighted by Gasteiger charge is -2.52. The van der Waals surface area contributed by atoms with Crippen molar-refractivity contribution in [3.05, 3.63) is 179 Å². The van der Waals surface area contributed by atoms with Crippen molar-refractivity contribution in [1.82, 2.24) is 9.24 Å². The van der Waals surface area contributed by atoms with E-state index >= 15 is 0 Å². The molecule has 9 rings (SSSR count). The average molecular weight is 856 g/mol. The van der Waals surface area contributed by atoms with E-state index < -0.39 is 16.3 Å². The summed E-state index contributed by atoms with van der Waals surface area (Å²) in [7, 11) is 0.619. The van der Waals surface area contributed by atoms with Crippen molar-refractivity contribution >= 4 is 65.5 Å². The molecule has 0 amide bonds. The number of ether oxygens (including phenoxy) is 1. The molecule has 62 heavy (non-hydrogen) atoms. The first-order chi connectivity index (χ1) is 30.2. The number of esters is 1. The van der Waals surface area contributed by atoms with Gasteiger partial charge in [-0.2, -0.15) is 0 Å². The van der Waals surface area contributed by atoms with Crippen LogP contribution in [0.5, 0.6) is 0 Å². The van der Waals surface area contributed by atoms with Crippen LogP contribution < -0.4 is 36.0 Å². The fraction of sp³-hybridized carbons (Fsp3) is 0.283. The van der Waals surface area contributed by atoms with Crippen LogP contribution in [0.15, 0.2) is 146 Å². The van der Waals surface area contributed by atoms with Crippen LogP contribution in [0.2, 0.25) is 0 Å². The maximum absolute atomic E-state index is 12.1. The summed E-state index contributed by atoms with van der Waals surface area (Å²) in [5.74, 6) is -0.212. The topological polar surface area (TPSA) is 43.6 Å². The summed E-state index contributed by atoms with van der Waals surface area (Å²) >= 11 is 0. The second-order valence-electron chi connectivity index (χ2n) is 16.8. The highest BCUT2D eigenvalue weighted by Crippen LogP contribution is 2.49. The number of fused-ring (bicyclic) bond motifs is 2. The average Bonchev–Trinajstić information content (AvgIpc) is 3.31. The van der Waals surface area contributed by atoms with E-state index in [1.54, 1.807) is 0 Å². The third-order valence-corrected chi connectivity index (χ3v) is 20.8.